The van der Waals surface area contributed by atoms with E-state index < -0.39 is 0 Å². The first-order valence-electron chi connectivity index (χ1n) is 17.7. The second kappa shape index (κ2) is 11.3. The molecule has 0 radical (unpaired) electrons. The highest BCUT2D eigenvalue weighted by Crippen LogP contribution is 2.52. The molecule has 0 saturated carbocycles. The summed E-state index contributed by atoms with van der Waals surface area (Å²) in [5.74, 6) is 0.717. The maximum atomic E-state index is 5.33. The van der Waals surface area contributed by atoms with Crippen LogP contribution in [0.25, 0.3) is 88.5 Å². The van der Waals surface area contributed by atoms with Gasteiger partial charge in [0.1, 0.15) is 0 Å². The van der Waals surface area contributed by atoms with Crippen LogP contribution >= 0.6 is 0 Å². The summed E-state index contributed by atoms with van der Waals surface area (Å²) in [6, 6.07) is 61.2. The van der Waals surface area contributed by atoms with E-state index in [2.05, 4.69) is 184 Å². The van der Waals surface area contributed by atoms with Crippen LogP contribution in [0.5, 0.6) is 0 Å². The Morgan fingerprint density at radius 1 is 0.392 bits per heavy atom. The maximum Gasteiger partial charge on any atom is 0.160 e. The lowest BCUT2D eigenvalue weighted by atomic mass is 9.82. The third-order valence-corrected chi connectivity index (χ3v) is 10.9. The summed E-state index contributed by atoms with van der Waals surface area (Å²) >= 11 is 0. The Labute approximate surface area is 297 Å². The molecule has 0 unspecified atom stereocenters. The Bertz CT molecular complexity index is 2810. The minimum Gasteiger partial charge on any atom is -0.228 e. The molecule has 10 rings (SSSR count). The molecule has 0 spiro atoms. The fraction of sp³-hybridized carbons (Fsp3) is 0.0612. The van der Waals surface area contributed by atoms with Crippen LogP contribution < -0.4 is 0 Å². The highest BCUT2D eigenvalue weighted by atomic mass is 14.9. The number of aromatic nitrogens is 2. The van der Waals surface area contributed by atoms with E-state index in [0.717, 1.165) is 28.1 Å². The molecule has 1 heterocycles. The molecule has 9 aromatic rings. The van der Waals surface area contributed by atoms with Crippen molar-refractivity contribution in [3.05, 3.63) is 181 Å². The lowest BCUT2D eigenvalue weighted by molar-refractivity contribution is 0.660. The number of fused-ring (bicyclic) bond motifs is 7. The Balaban J connectivity index is 1.17. The average molecular weight is 651 g/mol. The van der Waals surface area contributed by atoms with Crippen LogP contribution in [-0.4, -0.2) is 9.97 Å². The first-order chi connectivity index (χ1) is 25.0. The quantitative estimate of drug-likeness (QED) is 0.140. The number of hydrogen-bond donors (Lipinski definition) is 0. The predicted octanol–water partition coefficient (Wildman–Crippen LogP) is 12.9. The van der Waals surface area contributed by atoms with E-state index in [4.69, 9.17) is 9.97 Å². The molecular weight excluding hydrogens is 617 g/mol. The summed E-state index contributed by atoms with van der Waals surface area (Å²) in [6.07, 6.45) is 0. The van der Waals surface area contributed by atoms with Gasteiger partial charge in [-0.25, -0.2) is 9.97 Å². The standard InChI is InChI=1S/C49H34N2/c1-49(2)41-21-11-10-19-39(41)47-40(20-12-22-42(47)49)44-30-43(32-14-4-3-5-15-32)50-48(51-44)34-26-24-33(25-27-34)45-38-18-9-7-16-35(38)29-36-28-23-31-13-6-8-17-37(31)46(36)45/h3-30H,1-2H3. The van der Waals surface area contributed by atoms with Crippen LogP contribution in [0.15, 0.2) is 170 Å². The Hall–Kier alpha value is -6.38. The minimum absolute atomic E-state index is 0.0903. The van der Waals surface area contributed by atoms with Crippen LogP contribution in [0.1, 0.15) is 25.0 Å². The maximum absolute atomic E-state index is 5.33. The number of nitrogens with zero attached hydrogens (tertiary/aromatic N) is 2. The molecule has 8 aromatic carbocycles. The molecule has 0 aliphatic heterocycles. The molecule has 51 heavy (non-hydrogen) atoms. The van der Waals surface area contributed by atoms with E-state index in [0.29, 0.717) is 5.82 Å². The summed E-state index contributed by atoms with van der Waals surface area (Å²) in [6.45, 7) is 4.65. The van der Waals surface area contributed by atoms with Gasteiger partial charge >= 0.3 is 0 Å². The minimum atomic E-state index is -0.0903. The van der Waals surface area contributed by atoms with Gasteiger partial charge < -0.3 is 0 Å². The SMILES string of the molecule is CC1(C)c2ccccc2-c2c(-c3cc(-c4ccccc4)nc(-c4ccc(-c5c6ccccc6cc6ccc7ccccc7c56)cc4)n3)cccc21. The van der Waals surface area contributed by atoms with Crippen molar-refractivity contribution in [2.45, 2.75) is 19.3 Å². The fourth-order valence-corrected chi connectivity index (χ4v) is 8.37. The van der Waals surface area contributed by atoms with Crippen molar-refractivity contribution < 1.29 is 0 Å². The van der Waals surface area contributed by atoms with E-state index in [1.807, 2.05) is 0 Å². The molecule has 0 amide bonds. The van der Waals surface area contributed by atoms with Gasteiger partial charge in [0.2, 0.25) is 0 Å². The normalized spacial score (nSPS) is 13.1. The largest absolute Gasteiger partial charge is 0.228 e. The predicted molar refractivity (Wildman–Crippen MR) is 214 cm³/mol. The zero-order chi connectivity index (χ0) is 34.1. The fourth-order valence-electron chi connectivity index (χ4n) is 8.37. The van der Waals surface area contributed by atoms with E-state index in [9.17, 15) is 0 Å². The van der Waals surface area contributed by atoms with Crippen molar-refractivity contribution >= 4 is 32.3 Å². The Kier molecular flexibility index (Phi) is 6.56. The van der Waals surface area contributed by atoms with E-state index in [1.54, 1.807) is 0 Å². The van der Waals surface area contributed by atoms with Gasteiger partial charge in [-0.2, -0.15) is 0 Å². The molecular formula is C49H34N2. The molecule has 2 nitrogen and oxygen atoms in total. The van der Waals surface area contributed by atoms with E-state index in [1.165, 1.54) is 65.7 Å². The topological polar surface area (TPSA) is 25.8 Å². The lowest BCUT2D eigenvalue weighted by Gasteiger charge is -2.21. The van der Waals surface area contributed by atoms with E-state index >= 15 is 0 Å². The van der Waals surface area contributed by atoms with Crippen molar-refractivity contribution in [1.82, 2.24) is 9.97 Å². The molecule has 1 aliphatic rings. The molecule has 0 fully saturated rings. The van der Waals surface area contributed by atoms with Crippen LogP contribution in [0.4, 0.5) is 0 Å². The first-order valence-corrected chi connectivity index (χ1v) is 17.7. The molecule has 0 bridgehead atoms. The van der Waals surface area contributed by atoms with Crippen LogP contribution in [0.3, 0.4) is 0 Å². The Morgan fingerprint density at radius 3 is 1.86 bits per heavy atom. The number of hydrogen-bond acceptors (Lipinski definition) is 2. The molecule has 0 N–H and O–H groups in total. The highest BCUT2D eigenvalue weighted by molar-refractivity contribution is 6.21. The molecule has 1 aliphatic carbocycles. The summed E-state index contributed by atoms with van der Waals surface area (Å²) in [4.78, 5) is 10.5. The van der Waals surface area contributed by atoms with Crippen molar-refractivity contribution in [3.63, 3.8) is 0 Å². The molecule has 1 aromatic heterocycles. The second-order valence-corrected chi connectivity index (χ2v) is 14.2. The number of benzene rings is 8. The van der Waals surface area contributed by atoms with Gasteiger partial charge in [-0.15, -0.1) is 0 Å². The molecule has 0 saturated heterocycles. The van der Waals surface area contributed by atoms with Crippen molar-refractivity contribution in [1.29, 1.82) is 0 Å². The molecule has 0 atom stereocenters. The van der Waals surface area contributed by atoms with Gasteiger partial charge in [0.25, 0.3) is 0 Å². The third-order valence-electron chi connectivity index (χ3n) is 10.9. The van der Waals surface area contributed by atoms with Crippen molar-refractivity contribution in [3.8, 4) is 56.2 Å². The van der Waals surface area contributed by atoms with Crippen LogP contribution in [0, 0.1) is 0 Å². The summed E-state index contributed by atoms with van der Waals surface area (Å²) in [7, 11) is 0. The van der Waals surface area contributed by atoms with Crippen molar-refractivity contribution in [2.24, 2.45) is 0 Å². The van der Waals surface area contributed by atoms with Crippen LogP contribution in [-0.2, 0) is 5.41 Å². The van der Waals surface area contributed by atoms with Crippen molar-refractivity contribution in [2.75, 3.05) is 0 Å². The zero-order valence-electron chi connectivity index (χ0n) is 28.6. The lowest BCUT2D eigenvalue weighted by Crippen LogP contribution is -2.14. The van der Waals surface area contributed by atoms with E-state index in [-0.39, 0.29) is 5.41 Å². The highest BCUT2D eigenvalue weighted by Gasteiger charge is 2.36. The zero-order valence-corrected chi connectivity index (χ0v) is 28.6. The van der Waals surface area contributed by atoms with Gasteiger partial charge in [0.15, 0.2) is 5.82 Å². The first kappa shape index (κ1) is 29.5. The summed E-state index contributed by atoms with van der Waals surface area (Å²) < 4.78 is 0. The van der Waals surface area contributed by atoms with Gasteiger partial charge in [0.05, 0.1) is 11.4 Å². The molecule has 240 valence electrons. The van der Waals surface area contributed by atoms with Gasteiger partial charge in [0, 0.05) is 22.1 Å². The average Bonchev–Trinajstić information content (AvgIpc) is 3.43. The second-order valence-electron chi connectivity index (χ2n) is 14.2. The van der Waals surface area contributed by atoms with Gasteiger partial charge in [-0.05, 0) is 77.8 Å². The Morgan fingerprint density at radius 2 is 1.02 bits per heavy atom. The monoisotopic (exact) mass is 650 g/mol. The summed E-state index contributed by atoms with van der Waals surface area (Å²) in [5, 5.41) is 7.53. The number of rotatable bonds is 4. The summed E-state index contributed by atoms with van der Waals surface area (Å²) in [5.41, 5.74) is 12.6. The molecule has 2 heteroatoms. The third kappa shape index (κ3) is 4.64. The van der Waals surface area contributed by atoms with Gasteiger partial charge in [-0.1, -0.05) is 172 Å². The van der Waals surface area contributed by atoms with Crippen LogP contribution in [0.2, 0.25) is 0 Å². The smallest absolute Gasteiger partial charge is 0.160 e. The van der Waals surface area contributed by atoms with Gasteiger partial charge in [-0.3, -0.25) is 0 Å².